The van der Waals surface area contributed by atoms with Crippen molar-refractivity contribution >= 4 is 28.9 Å². The Kier molecular flexibility index (Phi) is 5.17. The number of carboxylic acids is 1. The molecule has 1 heterocycles. The lowest BCUT2D eigenvalue weighted by Crippen LogP contribution is -2.17. The second-order valence-electron chi connectivity index (χ2n) is 4.56. The molecular weight excluding hydrogens is 294 g/mol. The average molecular weight is 310 g/mol. The summed E-state index contributed by atoms with van der Waals surface area (Å²) < 4.78 is 0. The van der Waals surface area contributed by atoms with Gasteiger partial charge in [0, 0.05) is 27.4 Å². The van der Waals surface area contributed by atoms with Crippen molar-refractivity contribution < 1.29 is 9.90 Å². The van der Waals surface area contributed by atoms with Crippen LogP contribution in [0.1, 0.15) is 28.3 Å². The third-order valence-electron chi connectivity index (χ3n) is 3.00. The molecule has 106 valence electrons. The SMILES string of the molecule is CC(NCc1ccc(CC(=O)O)s1)c1ccccc1Cl. The van der Waals surface area contributed by atoms with Gasteiger partial charge in [0.05, 0.1) is 6.42 Å². The molecule has 1 aromatic carbocycles. The first kappa shape index (κ1) is 15.0. The maximum absolute atomic E-state index is 10.6. The number of halogens is 1. The number of rotatable bonds is 6. The van der Waals surface area contributed by atoms with Crippen LogP contribution in [0.25, 0.3) is 0 Å². The molecule has 0 fully saturated rings. The Balaban J connectivity index is 1.93. The zero-order valence-corrected chi connectivity index (χ0v) is 12.7. The van der Waals surface area contributed by atoms with Crippen molar-refractivity contribution in [1.29, 1.82) is 0 Å². The summed E-state index contributed by atoms with van der Waals surface area (Å²) in [7, 11) is 0. The zero-order chi connectivity index (χ0) is 14.5. The molecule has 2 aromatic rings. The summed E-state index contributed by atoms with van der Waals surface area (Å²) in [5, 5.41) is 12.9. The van der Waals surface area contributed by atoms with Crippen LogP contribution in [0, 0.1) is 0 Å². The highest BCUT2D eigenvalue weighted by atomic mass is 35.5. The molecule has 20 heavy (non-hydrogen) atoms. The number of carboxylic acid groups (broad SMARTS) is 1. The number of carbonyl (C=O) groups is 1. The first-order chi connectivity index (χ1) is 9.56. The summed E-state index contributed by atoms with van der Waals surface area (Å²) in [6, 6.07) is 11.8. The number of nitrogens with one attached hydrogen (secondary N) is 1. The Bertz CT molecular complexity index is 597. The molecule has 0 spiro atoms. The normalized spacial score (nSPS) is 12.3. The average Bonchev–Trinajstić information content (AvgIpc) is 2.83. The van der Waals surface area contributed by atoms with Crippen LogP contribution in [0.4, 0.5) is 0 Å². The van der Waals surface area contributed by atoms with E-state index in [9.17, 15) is 4.79 Å². The van der Waals surface area contributed by atoms with Gasteiger partial charge in [0.25, 0.3) is 0 Å². The van der Waals surface area contributed by atoms with Gasteiger partial charge < -0.3 is 10.4 Å². The van der Waals surface area contributed by atoms with Crippen molar-refractivity contribution in [3.63, 3.8) is 0 Å². The van der Waals surface area contributed by atoms with Crippen LogP contribution >= 0.6 is 22.9 Å². The number of hydrogen-bond acceptors (Lipinski definition) is 3. The van der Waals surface area contributed by atoms with E-state index in [2.05, 4.69) is 12.2 Å². The van der Waals surface area contributed by atoms with Crippen molar-refractivity contribution in [3.05, 3.63) is 56.7 Å². The molecule has 0 saturated carbocycles. The second-order valence-corrected chi connectivity index (χ2v) is 6.22. The molecule has 3 nitrogen and oxygen atoms in total. The largest absolute Gasteiger partial charge is 0.481 e. The van der Waals surface area contributed by atoms with Crippen LogP contribution in [0.5, 0.6) is 0 Å². The summed E-state index contributed by atoms with van der Waals surface area (Å²) >= 11 is 7.69. The predicted molar refractivity (Wildman–Crippen MR) is 82.4 cm³/mol. The molecule has 0 aliphatic carbocycles. The number of benzene rings is 1. The van der Waals surface area contributed by atoms with E-state index in [1.165, 1.54) is 11.3 Å². The van der Waals surface area contributed by atoms with Gasteiger partial charge in [-0.1, -0.05) is 29.8 Å². The third-order valence-corrected chi connectivity index (χ3v) is 4.43. The van der Waals surface area contributed by atoms with Gasteiger partial charge in [-0.15, -0.1) is 11.3 Å². The summed E-state index contributed by atoms with van der Waals surface area (Å²) in [4.78, 5) is 12.6. The van der Waals surface area contributed by atoms with Crippen LogP contribution in [-0.4, -0.2) is 11.1 Å². The molecule has 0 aliphatic rings. The van der Waals surface area contributed by atoms with Crippen LogP contribution < -0.4 is 5.32 Å². The van der Waals surface area contributed by atoms with Gasteiger partial charge in [0.2, 0.25) is 0 Å². The van der Waals surface area contributed by atoms with Gasteiger partial charge in [-0.3, -0.25) is 4.79 Å². The Labute approximate surface area is 127 Å². The Morgan fingerprint density at radius 1 is 1.30 bits per heavy atom. The van der Waals surface area contributed by atoms with Gasteiger partial charge in [-0.2, -0.15) is 0 Å². The Hall–Kier alpha value is -1.36. The quantitative estimate of drug-likeness (QED) is 0.851. The minimum atomic E-state index is -0.796. The number of thiophene rings is 1. The van der Waals surface area contributed by atoms with Gasteiger partial charge >= 0.3 is 5.97 Å². The molecule has 2 N–H and O–H groups in total. The Morgan fingerprint density at radius 3 is 2.70 bits per heavy atom. The lowest BCUT2D eigenvalue weighted by atomic mass is 10.1. The first-order valence-electron chi connectivity index (χ1n) is 6.33. The molecule has 0 saturated heterocycles. The Morgan fingerprint density at radius 2 is 2.00 bits per heavy atom. The lowest BCUT2D eigenvalue weighted by molar-refractivity contribution is -0.136. The summed E-state index contributed by atoms with van der Waals surface area (Å²) in [6.07, 6.45) is 0.0880. The number of aliphatic carboxylic acids is 1. The summed E-state index contributed by atoms with van der Waals surface area (Å²) in [5.41, 5.74) is 1.07. The standard InChI is InChI=1S/C15H16ClNO2S/c1-10(13-4-2-3-5-14(13)16)17-9-12-7-6-11(20-12)8-15(18)19/h2-7,10,17H,8-9H2,1H3,(H,18,19). The van der Waals surface area contributed by atoms with Crippen molar-refractivity contribution in [2.24, 2.45) is 0 Å². The van der Waals surface area contributed by atoms with Crippen molar-refractivity contribution in [3.8, 4) is 0 Å². The van der Waals surface area contributed by atoms with Crippen LogP contribution in [-0.2, 0) is 17.8 Å². The van der Waals surface area contributed by atoms with Crippen molar-refractivity contribution in [2.75, 3.05) is 0 Å². The van der Waals surface area contributed by atoms with Gasteiger partial charge in [0.15, 0.2) is 0 Å². The smallest absolute Gasteiger partial charge is 0.308 e. The van der Waals surface area contributed by atoms with E-state index >= 15 is 0 Å². The molecule has 2 rings (SSSR count). The van der Waals surface area contributed by atoms with E-state index < -0.39 is 5.97 Å². The molecular formula is C15H16ClNO2S. The summed E-state index contributed by atoms with van der Waals surface area (Å²) in [5.74, 6) is -0.796. The molecule has 0 bridgehead atoms. The fraction of sp³-hybridized carbons (Fsp3) is 0.267. The summed E-state index contributed by atoms with van der Waals surface area (Å²) in [6.45, 7) is 2.77. The van der Waals surface area contributed by atoms with E-state index in [0.29, 0.717) is 6.54 Å². The van der Waals surface area contributed by atoms with E-state index in [4.69, 9.17) is 16.7 Å². The third kappa shape index (κ3) is 4.07. The highest BCUT2D eigenvalue weighted by Crippen LogP contribution is 2.23. The topological polar surface area (TPSA) is 49.3 Å². The lowest BCUT2D eigenvalue weighted by Gasteiger charge is -2.14. The van der Waals surface area contributed by atoms with Crippen LogP contribution in [0.3, 0.4) is 0 Å². The monoisotopic (exact) mass is 309 g/mol. The maximum atomic E-state index is 10.6. The molecule has 5 heteroatoms. The molecule has 0 aliphatic heterocycles. The molecule has 1 aromatic heterocycles. The molecule has 1 atom stereocenters. The zero-order valence-electron chi connectivity index (χ0n) is 11.1. The van der Waals surface area contributed by atoms with Gasteiger partial charge in [-0.25, -0.2) is 0 Å². The fourth-order valence-electron chi connectivity index (χ4n) is 1.95. The molecule has 1 unspecified atom stereocenters. The van der Waals surface area contributed by atoms with Crippen LogP contribution in [0.2, 0.25) is 5.02 Å². The van der Waals surface area contributed by atoms with Crippen molar-refractivity contribution in [2.45, 2.75) is 25.9 Å². The molecule has 0 amide bonds. The van der Waals surface area contributed by atoms with E-state index in [-0.39, 0.29) is 12.5 Å². The minimum Gasteiger partial charge on any atom is -0.481 e. The second kappa shape index (κ2) is 6.88. The van der Waals surface area contributed by atoms with Crippen LogP contribution in [0.15, 0.2) is 36.4 Å². The highest BCUT2D eigenvalue weighted by Gasteiger charge is 2.09. The highest BCUT2D eigenvalue weighted by molar-refractivity contribution is 7.12. The molecule has 0 radical (unpaired) electrons. The van der Waals surface area contributed by atoms with E-state index in [0.717, 1.165) is 20.3 Å². The first-order valence-corrected chi connectivity index (χ1v) is 7.53. The predicted octanol–water partition coefficient (Wildman–Crippen LogP) is 3.88. The van der Waals surface area contributed by atoms with Gasteiger partial charge in [-0.05, 0) is 30.7 Å². The van der Waals surface area contributed by atoms with Gasteiger partial charge in [0.1, 0.15) is 0 Å². The van der Waals surface area contributed by atoms with E-state index in [1.807, 2.05) is 36.4 Å². The minimum absolute atomic E-state index is 0.0880. The maximum Gasteiger partial charge on any atom is 0.308 e. The number of hydrogen-bond donors (Lipinski definition) is 2. The van der Waals surface area contributed by atoms with Crippen molar-refractivity contribution in [1.82, 2.24) is 5.32 Å². The fourth-order valence-corrected chi connectivity index (χ4v) is 3.21. The van der Waals surface area contributed by atoms with E-state index in [1.54, 1.807) is 0 Å².